The molecule has 3 atom stereocenters. The van der Waals surface area contributed by atoms with Crippen molar-refractivity contribution in [3.63, 3.8) is 0 Å². The van der Waals surface area contributed by atoms with E-state index in [-0.39, 0.29) is 11.9 Å². The van der Waals surface area contributed by atoms with Gasteiger partial charge in [0.05, 0.1) is 12.5 Å². The van der Waals surface area contributed by atoms with Crippen molar-refractivity contribution in [1.29, 1.82) is 0 Å². The zero-order valence-corrected chi connectivity index (χ0v) is 8.74. The van der Waals surface area contributed by atoms with Gasteiger partial charge in [0.2, 0.25) is 0 Å². The Morgan fingerprint density at radius 2 is 2.36 bits per heavy atom. The molecule has 0 aromatic carbocycles. The Morgan fingerprint density at radius 1 is 1.50 bits per heavy atom. The van der Waals surface area contributed by atoms with Crippen LogP contribution in [0.3, 0.4) is 0 Å². The van der Waals surface area contributed by atoms with Crippen LogP contribution in [0.25, 0.3) is 0 Å². The molecular formula is C12H18O2. The third kappa shape index (κ3) is 1.84. The molecular weight excluding hydrogens is 176 g/mol. The summed E-state index contributed by atoms with van der Waals surface area (Å²) in [4.78, 5) is 11.5. The zero-order chi connectivity index (χ0) is 9.97. The highest BCUT2D eigenvalue weighted by molar-refractivity contribution is 5.77. The van der Waals surface area contributed by atoms with Gasteiger partial charge in [-0.1, -0.05) is 18.6 Å². The molecule has 3 unspecified atom stereocenters. The quantitative estimate of drug-likeness (QED) is 0.499. The molecule has 0 radical (unpaired) electrons. The van der Waals surface area contributed by atoms with Gasteiger partial charge in [0.15, 0.2) is 0 Å². The van der Waals surface area contributed by atoms with Gasteiger partial charge in [-0.2, -0.15) is 0 Å². The molecule has 2 heteroatoms. The van der Waals surface area contributed by atoms with E-state index < -0.39 is 0 Å². The molecule has 14 heavy (non-hydrogen) atoms. The number of allylic oxidation sites excluding steroid dienone is 2. The maximum atomic E-state index is 11.5. The van der Waals surface area contributed by atoms with Crippen LogP contribution >= 0.6 is 0 Å². The number of hydrogen-bond acceptors (Lipinski definition) is 2. The lowest BCUT2D eigenvalue weighted by molar-refractivity contribution is -0.145. The number of rotatable bonds is 2. The highest BCUT2D eigenvalue weighted by Crippen LogP contribution is 2.51. The van der Waals surface area contributed by atoms with Gasteiger partial charge in [0, 0.05) is 0 Å². The second kappa shape index (κ2) is 4.16. The average Bonchev–Trinajstić information content (AvgIpc) is 2.77. The monoisotopic (exact) mass is 194 g/mol. The van der Waals surface area contributed by atoms with Crippen molar-refractivity contribution in [1.82, 2.24) is 0 Å². The first-order chi connectivity index (χ1) is 6.84. The lowest BCUT2D eigenvalue weighted by Gasteiger charge is -2.00. The number of esters is 1. The Morgan fingerprint density at radius 3 is 3.14 bits per heavy atom. The van der Waals surface area contributed by atoms with Crippen LogP contribution in [0.15, 0.2) is 12.2 Å². The summed E-state index contributed by atoms with van der Waals surface area (Å²) in [7, 11) is 0. The number of carbonyl (C=O) groups is 1. The van der Waals surface area contributed by atoms with E-state index in [4.69, 9.17) is 4.74 Å². The highest BCUT2D eigenvalue weighted by Gasteiger charge is 2.53. The first-order valence-corrected chi connectivity index (χ1v) is 5.68. The third-order valence-electron chi connectivity index (χ3n) is 3.30. The molecule has 0 amide bonds. The first kappa shape index (κ1) is 9.75. The van der Waals surface area contributed by atoms with Crippen molar-refractivity contribution in [3.8, 4) is 0 Å². The van der Waals surface area contributed by atoms with Crippen LogP contribution in [0, 0.1) is 17.8 Å². The molecule has 78 valence electrons. The molecule has 0 aromatic heterocycles. The summed E-state index contributed by atoms with van der Waals surface area (Å²) in [6.07, 6.45) is 9.38. The number of hydrogen-bond donors (Lipinski definition) is 0. The summed E-state index contributed by atoms with van der Waals surface area (Å²) >= 11 is 0. The van der Waals surface area contributed by atoms with Gasteiger partial charge in [0.25, 0.3) is 0 Å². The van der Waals surface area contributed by atoms with Gasteiger partial charge in [-0.15, -0.1) is 0 Å². The summed E-state index contributed by atoms with van der Waals surface area (Å²) in [6.45, 7) is 2.39. The molecule has 0 aromatic rings. The first-order valence-electron chi connectivity index (χ1n) is 5.68. The standard InChI is InChI=1S/C12H18O2/c1-2-14-12(13)11-9-7-5-3-4-6-8-10(9)11/h5,7,9-11H,2-4,6,8H2,1H3/b7-5-. The van der Waals surface area contributed by atoms with E-state index in [9.17, 15) is 4.79 Å². The molecule has 2 aliphatic carbocycles. The highest BCUT2D eigenvalue weighted by atomic mass is 16.5. The maximum Gasteiger partial charge on any atom is 0.309 e. The molecule has 0 saturated heterocycles. The molecule has 0 bridgehead atoms. The van der Waals surface area contributed by atoms with Crippen LogP contribution < -0.4 is 0 Å². The van der Waals surface area contributed by atoms with Gasteiger partial charge >= 0.3 is 5.97 Å². The molecule has 0 aliphatic heterocycles. The summed E-state index contributed by atoms with van der Waals surface area (Å²) < 4.78 is 5.07. The fourth-order valence-electron chi connectivity index (χ4n) is 2.50. The van der Waals surface area contributed by atoms with Crippen LogP contribution in [-0.2, 0) is 9.53 Å². The van der Waals surface area contributed by atoms with E-state index in [0.717, 1.165) is 0 Å². The maximum absolute atomic E-state index is 11.5. The summed E-state index contributed by atoms with van der Waals surface area (Å²) in [6, 6.07) is 0. The molecule has 2 rings (SSSR count). The fraction of sp³-hybridized carbons (Fsp3) is 0.750. The van der Waals surface area contributed by atoms with Gasteiger partial charge in [0.1, 0.15) is 0 Å². The minimum Gasteiger partial charge on any atom is -0.466 e. The normalized spacial score (nSPS) is 37.6. The molecule has 2 nitrogen and oxygen atoms in total. The van der Waals surface area contributed by atoms with Crippen molar-refractivity contribution in [2.75, 3.05) is 6.61 Å². The predicted molar refractivity (Wildman–Crippen MR) is 54.7 cm³/mol. The zero-order valence-electron chi connectivity index (χ0n) is 8.74. The topological polar surface area (TPSA) is 26.3 Å². The van der Waals surface area contributed by atoms with Gasteiger partial charge in [-0.3, -0.25) is 4.79 Å². The van der Waals surface area contributed by atoms with Crippen molar-refractivity contribution >= 4 is 5.97 Å². The van der Waals surface area contributed by atoms with Crippen molar-refractivity contribution in [2.24, 2.45) is 17.8 Å². The number of ether oxygens (including phenoxy) is 1. The second-order valence-electron chi connectivity index (χ2n) is 4.23. The van der Waals surface area contributed by atoms with Crippen molar-refractivity contribution in [2.45, 2.75) is 32.6 Å². The van der Waals surface area contributed by atoms with Crippen LogP contribution in [0.1, 0.15) is 32.6 Å². The molecule has 1 saturated carbocycles. The molecule has 0 N–H and O–H groups in total. The molecule has 2 aliphatic rings. The molecule has 0 spiro atoms. The second-order valence-corrected chi connectivity index (χ2v) is 4.23. The summed E-state index contributed by atoms with van der Waals surface area (Å²) in [5, 5.41) is 0. The van der Waals surface area contributed by atoms with Crippen LogP contribution in [-0.4, -0.2) is 12.6 Å². The van der Waals surface area contributed by atoms with E-state index >= 15 is 0 Å². The minimum atomic E-state index is 0.0223. The van der Waals surface area contributed by atoms with E-state index in [1.165, 1.54) is 25.7 Å². The minimum absolute atomic E-state index is 0.0223. The SMILES string of the molecule is CCOC(=O)C1C2/C=C\CCCCC21. The van der Waals surface area contributed by atoms with Crippen LogP contribution in [0.2, 0.25) is 0 Å². The van der Waals surface area contributed by atoms with Gasteiger partial charge < -0.3 is 4.74 Å². The van der Waals surface area contributed by atoms with E-state index in [2.05, 4.69) is 12.2 Å². The molecule has 0 heterocycles. The van der Waals surface area contributed by atoms with E-state index in [1.54, 1.807) is 0 Å². The largest absolute Gasteiger partial charge is 0.466 e. The Balaban J connectivity index is 1.94. The van der Waals surface area contributed by atoms with Crippen molar-refractivity contribution < 1.29 is 9.53 Å². The smallest absolute Gasteiger partial charge is 0.309 e. The van der Waals surface area contributed by atoms with Crippen LogP contribution in [0.5, 0.6) is 0 Å². The van der Waals surface area contributed by atoms with E-state index in [0.29, 0.717) is 18.4 Å². The number of fused-ring (bicyclic) bond motifs is 1. The molecule has 1 fully saturated rings. The number of carbonyl (C=O) groups excluding carboxylic acids is 1. The van der Waals surface area contributed by atoms with E-state index in [1.807, 2.05) is 6.92 Å². The Hall–Kier alpha value is -0.790. The Kier molecular flexibility index (Phi) is 2.90. The Labute approximate surface area is 85.3 Å². The summed E-state index contributed by atoms with van der Waals surface area (Å²) in [5.41, 5.74) is 0. The summed E-state index contributed by atoms with van der Waals surface area (Å²) in [5.74, 6) is 1.29. The average molecular weight is 194 g/mol. The third-order valence-corrected chi connectivity index (χ3v) is 3.30. The lowest BCUT2D eigenvalue weighted by Crippen LogP contribution is -2.08. The Bertz CT molecular complexity index is 245. The van der Waals surface area contributed by atoms with Gasteiger partial charge in [-0.25, -0.2) is 0 Å². The van der Waals surface area contributed by atoms with Gasteiger partial charge in [-0.05, 0) is 38.0 Å². The fourth-order valence-corrected chi connectivity index (χ4v) is 2.50. The van der Waals surface area contributed by atoms with Crippen molar-refractivity contribution in [3.05, 3.63) is 12.2 Å². The van der Waals surface area contributed by atoms with Crippen LogP contribution in [0.4, 0.5) is 0 Å². The lowest BCUT2D eigenvalue weighted by atomic mass is 10.1. The predicted octanol–water partition coefficient (Wildman–Crippen LogP) is 2.54.